The van der Waals surface area contributed by atoms with Crippen molar-refractivity contribution in [1.82, 2.24) is 0 Å². The number of carboxylic acid groups (broad SMARTS) is 1. The van der Waals surface area contributed by atoms with Crippen LogP contribution < -0.4 is 0 Å². The fraction of sp³-hybridized carbons (Fsp3) is 0.942. The molecular weight excluding hydrogens is 977 g/mol. The van der Waals surface area contributed by atoms with E-state index in [0.717, 1.165) is 25.7 Å². The first-order valence-electron chi connectivity index (χ1n) is 26.7. The Hall–Kier alpha value is -1.59. The first-order valence-corrected chi connectivity index (χ1v) is 26.7. The SMILES string of the molecule is CC1(C)CC[C@]2(C(=O)O)[C@H](O)C[C@]3(C)C(=CCC4[C@@]5(C)CC[C@H](O[C@@H]6O[C@H](CO[C@@H]7OC[C@H](O)[C@H](O)[C@H]7O[C@@H]7OC[C@@H](O)[C@H](O)[C@H]7O)[C@@H](O)[C@H](O)[C@H]6O[C@@H]6O[C@H](CO)[C@@H](O)[C@H](O)[C@H]6O)C(C)(C)C5CC[C@]43C)[C@@H]2C1. The maximum absolute atomic E-state index is 13.3. The zero-order valence-electron chi connectivity index (χ0n) is 43.5. The number of carbonyl (C=O) groups is 1. The van der Waals surface area contributed by atoms with Gasteiger partial charge in [0.1, 0.15) is 90.9 Å². The zero-order chi connectivity index (χ0) is 54.0. The summed E-state index contributed by atoms with van der Waals surface area (Å²) in [5.41, 5.74) is -1.78. The van der Waals surface area contributed by atoms with Crippen LogP contribution in [0.2, 0.25) is 0 Å². The smallest absolute Gasteiger partial charge is 0.312 e. The van der Waals surface area contributed by atoms with E-state index in [1.165, 1.54) is 5.57 Å². The van der Waals surface area contributed by atoms with Crippen LogP contribution in [0.3, 0.4) is 0 Å². The number of rotatable bonds is 11. The summed E-state index contributed by atoms with van der Waals surface area (Å²) in [6, 6.07) is 0. The molecule has 22 nitrogen and oxygen atoms in total. The average molecular weight is 1060 g/mol. The van der Waals surface area contributed by atoms with Crippen LogP contribution in [0, 0.1) is 50.2 Å². The van der Waals surface area contributed by atoms with Gasteiger partial charge >= 0.3 is 5.97 Å². The summed E-state index contributed by atoms with van der Waals surface area (Å²) in [5.74, 6) is -1.02. The number of allylic oxidation sites excluding steroid dienone is 2. The van der Waals surface area contributed by atoms with Crippen LogP contribution in [-0.2, 0) is 42.7 Å². The molecule has 2 unspecified atom stereocenters. The molecule has 4 saturated carbocycles. The molecule has 27 atom stereocenters. The van der Waals surface area contributed by atoms with Crippen molar-refractivity contribution in [3.8, 4) is 0 Å². The fourth-order valence-corrected chi connectivity index (χ4v) is 16.0. The van der Waals surface area contributed by atoms with E-state index in [1.807, 2.05) is 0 Å². The number of fused-ring (bicyclic) bond motifs is 7. The zero-order valence-corrected chi connectivity index (χ0v) is 43.5. The van der Waals surface area contributed by atoms with Crippen molar-refractivity contribution in [1.29, 1.82) is 0 Å². The van der Waals surface area contributed by atoms with Crippen molar-refractivity contribution < 1.29 is 109 Å². The maximum atomic E-state index is 13.3. The molecule has 0 aromatic carbocycles. The van der Waals surface area contributed by atoms with Gasteiger partial charge in [-0.3, -0.25) is 4.79 Å². The summed E-state index contributed by atoms with van der Waals surface area (Å²) in [4.78, 5) is 13.3. The molecule has 9 rings (SSSR count). The van der Waals surface area contributed by atoms with Crippen molar-refractivity contribution in [3.63, 3.8) is 0 Å². The molecule has 424 valence electrons. The number of aliphatic carboxylic acids is 1. The fourth-order valence-electron chi connectivity index (χ4n) is 16.0. The third-order valence-corrected chi connectivity index (χ3v) is 20.7. The molecule has 5 aliphatic carbocycles. The van der Waals surface area contributed by atoms with Gasteiger partial charge in [0.25, 0.3) is 0 Å². The predicted octanol–water partition coefficient (Wildman–Crippen LogP) is -1.22. The van der Waals surface area contributed by atoms with Crippen LogP contribution in [0.5, 0.6) is 0 Å². The number of hydrogen-bond acceptors (Lipinski definition) is 21. The van der Waals surface area contributed by atoms with Gasteiger partial charge in [0.2, 0.25) is 0 Å². The minimum Gasteiger partial charge on any atom is -0.481 e. The molecule has 4 aliphatic heterocycles. The predicted molar refractivity (Wildman–Crippen MR) is 253 cm³/mol. The third-order valence-electron chi connectivity index (χ3n) is 20.7. The summed E-state index contributed by atoms with van der Waals surface area (Å²) in [7, 11) is 0. The molecule has 13 N–H and O–H groups in total. The van der Waals surface area contributed by atoms with E-state index in [9.17, 15) is 71.2 Å². The molecule has 0 aromatic rings. The number of aliphatic hydroxyl groups is 12. The lowest BCUT2D eigenvalue weighted by Crippen LogP contribution is -2.68. The lowest BCUT2D eigenvalue weighted by Gasteiger charge is -2.71. The number of aliphatic hydroxyl groups excluding tert-OH is 12. The Morgan fingerprint density at radius 2 is 1.23 bits per heavy atom. The van der Waals surface area contributed by atoms with E-state index in [-0.39, 0.29) is 34.0 Å². The number of carboxylic acids is 1. The number of ether oxygens (including phenoxy) is 8. The van der Waals surface area contributed by atoms with E-state index >= 15 is 0 Å². The molecule has 0 bridgehead atoms. The molecule has 0 radical (unpaired) electrons. The van der Waals surface area contributed by atoms with Crippen molar-refractivity contribution in [2.75, 3.05) is 26.4 Å². The molecule has 4 heterocycles. The molecule has 0 aromatic heterocycles. The molecule has 8 fully saturated rings. The average Bonchev–Trinajstić information content (AvgIpc) is 3.34. The quantitative estimate of drug-likeness (QED) is 0.0852. The van der Waals surface area contributed by atoms with Crippen LogP contribution in [0.25, 0.3) is 0 Å². The van der Waals surface area contributed by atoms with Crippen molar-refractivity contribution in [3.05, 3.63) is 11.6 Å². The Balaban J connectivity index is 0.971. The highest BCUT2D eigenvalue weighted by molar-refractivity contribution is 5.77. The van der Waals surface area contributed by atoms with Crippen molar-refractivity contribution in [2.24, 2.45) is 50.2 Å². The lowest BCUT2D eigenvalue weighted by atomic mass is 9.33. The summed E-state index contributed by atoms with van der Waals surface area (Å²) < 4.78 is 48.1. The van der Waals surface area contributed by atoms with E-state index < -0.39 is 171 Å². The Kier molecular flexibility index (Phi) is 15.8. The summed E-state index contributed by atoms with van der Waals surface area (Å²) >= 11 is 0. The van der Waals surface area contributed by atoms with Gasteiger partial charge in [-0.2, -0.15) is 0 Å². The minimum absolute atomic E-state index is 0.0480. The van der Waals surface area contributed by atoms with E-state index in [4.69, 9.17) is 37.9 Å². The summed E-state index contributed by atoms with van der Waals surface area (Å²) in [6.45, 7) is 13.4. The van der Waals surface area contributed by atoms with E-state index in [2.05, 4.69) is 54.5 Å². The van der Waals surface area contributed by atoms with Gasteiger partial charge in [-0.1, -0.05) is 60.1 Å². The molecule has 22 heteroatoms. The Labute approximate surface area is 431 Å². The number of hydrogen-bond donors (Lipinski definition) is 13. The van der Waals surface area contributed by atoms with Crippen LogP contribution in [0.1, 0.15) is 106 Å². The first-order chi connectivity index (χ1) is 34.6. The van der Waals surface area contributed by atoms with E-state index in [1.54, 1.807) is 0 Å². The standard InChI is InChI=1S/C52H84O22/c1-47(2)14-15-52(46(65)66)23(16-47)22-8-9-29-49(5)12-11-31(48(3,4)28(49)10-13-50(29,6)51(22,7)17-30(52)56)72-45-41(74-43-39(64)36(61)34(59)26(18-53)70-43)37(62)35(60)27(71-45)21-69-44-40(33(58)25(55)20-68-44)73-42-38(63)32(57)24(54)19-67-42/h8,23-45,53-64H,9-21H2,1-7H3,(H,65,66)/t23-,24+,25-,26+,27+,28?,29?,30+,31-,32-,33-,34+,35+,36-,37-,38+,39+,40+,41+,42-,43-,44-,45-,49-,50+,51+,52+/m0/s1. The molecule has 4 saturated heterocycles. The Bertz CT molecular complexity index is 2040. The third kappa shape index (κ3) is 9.16. The first kappa shape index (κ1) is 57.1. The van der Waals surface area contributed by atoms with Gasteiger partial charge in [-0.25, -0.2) is 0 Å². The van der Waals surface area contributed by atoms with Crippen LogP contribution in [0.15, 0.2) is 11.6 Å². The maximum Gasteiger partial charge on any atom is 0.312 e. The van der Waals surface area contributed by atoms with Gasteiger partial charge in [0.15, 0.2) is 25.2 Å². The second kappa shape index (κ2) is 20.5. The largest absolute Gasteiger partial charge is 0.481 e. The van der Waals surface area contributed by atoms with Crippen LogP contribution in [0.4, 0.5) is 0 Å². The highest BCUT2D eigenvalue weighted by Crippen LogP contribution is 2.76. The van der Waals surface area contributed by atoms with Crippen LogP contribution in [-0.4, -0.2) is 222 Å². The lowest BCUT2D eigenvalue weighted by molar-refractivity contribution is -0.384. The molecule has 0 amide bonds. The van der Waals surface area contributed by atoms with Gasteiger partial charge in [-0.05, 0) is 103 Å². The second-order valence-electron chi connectivity index (χ2n) is 25.5. The Morgan fingerprint density at radius 1 is 0.622 bits per heavy atom. The van der Waals surface area contributed by atoms with Crippen molar-refractivity contribution in [2.45, 2.75) is 229 Å². The van der Waals surface area contributed by atoms with Gasteiger partial charge in [0, 0.05) is 0 Å². The summed E-state index contributed by atoms with van der Waals surface area (Å²) in [6.07, 6.45) is -23.1. The molecule has 0 spiro atoms. The topological polar surface area (TPSA) is 354 Å². The molecule has 74 heavy (non-hydrogen) atoms. The van der Waals surface area contributed by atoms with Crippen LogP contribution >= 0.6 is 0 Å². The van der Waals surface area contributed by atoms with Gasteiger partial charge < -0.3 is 104 Å². The summed E-state index contributed by atoms with van der Waals surface area (Å²) in [5, 5.41) is 141. The minimum atomic E-state index is -1.89. The van der Waals surface area contributed by atoms with E-state index in [0.29, 0.717) is 32.1 Å². The second-order valence-corrected chi connectivity index (χ2v) is 25.5. The Morgan fingerprint density at radius 3 is 1.91 bits per heavy atom. The molecule has 9 aliphatic rings. The van der Waals surface area contributed by atoms with Gasteiger partial charge in [0.05, 0.1) is 38.6 Å². The van der Waals surface area contributed by atoms with Crippen molar-refractivity contribution >= 4 is 5.97 Å². The monoisotopic (exact) mass is 1060 g/mol. The highest BCUT2D eigenvalue weighted by atomic mass is 16.8. The highest BCUT2D eigenvalue weighted by Gasteiger charge is 2.72. The normalized spacial score (nSPS) is 54.1. The van der Waals surface area contributed by atoms with Gasteiger partial charge in [-0.15, -0.1) is 0 Å². The molecular formula is C52H84O22.